The van der Waals surface area contributed by atoms with Crippen LogP contribution in [0.1, 0.15) is 18.5 Å². The summed E-state index contributed by atoms with van der Waals surface area (Å²) in [5.74, 6) is -0.334. The van der Waals surface area contributed by atoms with Gasteiger partial charge in [-0.1, -0.05) is 12.1 Å². The Morgan fingerprint density at radius 1 is 1.14 bits per heavy atom. The maximum atomic E-state index is 13.9. The number of ether oxygens (including phenoxy) is 1. The number of para-hydroxylation sites is 2. The SMILES string of the molecule is COc1ccccc1N1CCN(C(=O)C[NH2+][C@H](C)c2ccc(F)cc2F)CC1. The van der Waals surface area contributed by atoms with E-state index in [2.05, 4.69) is 4.90 Å². The molecule has 150 valence electrons. The summed E-state index contributed by atoms with van der Waals surface area (Å²) in [5.41, 5.74) is 1.43. The van der Waals surface area contributed by atoms with Gasteiger partial charge in [0.15, 0.2) is 6.54 Å². The number of hydrogen-bond acceptors (Lipinski definition) is 3. The fourth-order valence-corrected chi connectivity index (χ4v) is 3.49. The molecule has 1 fully saturated rings. The minimum Gasteiger partial charge on any atom is -0.495 e. The molecule has 7 heteroatoms. The van der Waals surface area contributed by atoms with Crippen LogP contribution >= 0.6 is 0 Å². The summed E-state index contributed by atoms with van der Waals surface area (Å²) in [6.07, 6.45) is 0. The highest BCUT2D eigenvalue weighted by Gasteiger charge is 2.24. The highest BCUT2D eigenvalue weighted by molar-refractivity contribution is 5.77. The Balaban J connectivity index is 1.51. The minimum absolute atomic E-state index is 0.0223. The molecule has 3 rings (SSSR count). The average Bonchev–Trinajstić information content (AvgIpc) is 2.72. The summed E-state index contributed by atoms with van der Waals surface area (Å²) in [4.78, 5) is 16.6. The molecule has 0 spiro atoms. The van der Waals surface area contributed by atoms with Gasteiger partial charge in [0.25, 0.3) is 5.91 Å². The molecule has 0 saturated carbocycles. The lowest BCUT2D eigenvalue weighted by Gasteiger charge is -2.36. The predicted molar refractivity (Wildman–Crippen MR) is 103 cm³/mol. The highest BCUT2D eigenvalue weighted by Crippen LogP contribution is 2.28. The van der Waals surface area contributed by atoms with Crippen molar-refractivity contribution in [3.63, 3.8) is 0 Å². The van der Waals surface area contributed by atoms with E-state index < -0.39 is 11.6 Å². The second kappa shape index (κ2) is 9.01. The lowest BCUT2D eigenvalue weighted by atomic mass is 10.1. The van der Waals surface area contributed by atoms with Crippen LogP contribution < -0.4 is 15.0 Å². The molecule has 1 heterocycles. The van der Waals surface area contributed by atoms with Gasteiger partial charge in [-0.2, -0.15) is 0 Å². The standard InChI is InChI=1S/C21H25F2N3O2/c1-15(17-8-7-16(22)13-18(17)23)24-14-21(27)26-11-9-25(10-12-26)19-5-3-4-6-20(19)28-2/h3-8,13,15,24H,9-12,14H2,1-2H3/p+1/t15-/m1/s1. The number of benzene rings is 2. The Morgan fingerprint density at radius 3 is 2.54 bits per heavy atom. The first kappa shape index (κ1) is 20.1. The number of halogens is 2. The summed E-state index contributed by atoms with van der Waals surface area (Å²) in [6.45, 7) is 4.76. The van der Waals surface area contributed by atoms with Crippen molar-refractivity contribution in [1.82, 2.24) is 4.90 Å². The molecule has 5 nitrogen and oxygen atoms in total. The first-order chi connectivity index (χ1) is 13.5. The van der Waals surface area contributed by atoms with Crippen LogP contribution in [0.2, 0.25) is 0 Å². The van der Waals surface area contributed by atoms with Crippen molar-refractivity contribution in [2.75, 3.05) is 44.7 Å². The van der Waals surface area contributed by atoms with E-state index in [1.807, 2.05) is 36.1 Å². The predicted octanol–water partition coefficient (Wildman–Crippen LogP) is 1.95. The van der Waals surface area contributed by atoms with E-state index >= 15 is 0 Å². The number of nitrogens with zero attached hydrogens (tertiary/aromatic N) is 2. The molecule has 2 aromatic carbocycles. The molecule has 1 aliphatic heterocycles. The number of rotatable bonds is 6. The summed E-state index contributed by atoms with van der Waals surface area (Å²) < 4.78 is 32.3. The van der Waals surface area contributed by atoms with Crippen LogP contribution in [0, 0.1) is 11.6 Å². The fourth-order valence-electron chi connectivity index (χ4n) is 3.49. The lowest BCUT2D eigenvalue weighted by molar-refractivity contribution is -0.683. The monoisotopic (exact) mass is 390 g/mol. The van der Waals surface area contributed by atoms with Crippen LogP contribution in [0.15, 0.2) is 42.5 Å². The first-order valence-electron chi connectivity index (χ1n) is 9.43. The topological polar surface area (TPSA) is 49.4 Å². The van der Waals surface area contributed by atoms with Gasteiger partial charge < -0.3 is 19.9 Å². The van der Waals surface area contributed by atoms with E-state index in [4.69, 9.17) is 4.74 Å². The third-order valence-corrected chi connectivity index (χ3v) is 5.16. The maximum absolute atomic E-state index is 13.9. The number of carbonyl (C=O) groups excluding carboxylic acids is 1. The van der Waals surface area contributed by atoms with Crippen molar-refractivity contribution in [1.29, 1.82) is 0 Å². The van der Waals surface area contributed by atoms with Crippen LogP contribution in [-0.2, 0) is 4.79 Å². The van der Waals surface area contributed by atoms with Crippen LogP contribution in [-0.4, -0.2) is 50.6 Å². The number of methoxy groups -OCH3 is 1. The molecule has 1 saturated heterocycles. The summed E-state index contributed by atoms with van der Waals surface area (Å²) in [7, 11) is 1.65. The van der Waals surface area contributed by atoms with Crippen molar-refractivity contribution in [2.24, 2.45) is 0 Å². The Bertz CT molecular complexity index is 823. The van der Waals surface area contributed by atoms with E-state index in [0.29, 0.717) is 18.7 Å². The highest BCUT2D eigenvalue weighted by atomic mass is 19.1. The number of anilines is 1. The van der Waals surface area contributed by atoms with Gasteiger partial charge in [0.2, 0.25) is 0 Å². The average molecular weight is 390 g/mol. The van der Waals surface area contributed by atoms with E-state index in [9.17, 15) is 13.6 Å². The molecule has 0 unspecified atom stereocenters. The van der Waals surface area contributed by atoms with Crippen LogP contribution in [0.5, 0.6) is 5.75 Å². The van der Waals surface area contributed by atoms with Crippen LogP contribution in [0.3, 0.4) is 0 Å². The Morgan fingerprint density at radius 2 is 1.86 bits per heavy atom. The maximum Gasteiger partial charge on any atom is 0.277 e. The smallest absolute Gasteiger partial charge is 0.277 e. The zero-order chi connectivity index (χ0) is 20.1. The van der Waals surface area contributed by atoms with Gasteiger partial charge in [0.1, 0.15) is 23.4 Å². The van der Waals surface area contributed by atoms with Gasteiger partial charge in [-0.3, -0.25) is 4.79 Å². The number of carbonyl (C=O) groups is 1. The molecule has 0 aromatic heterocycles. The molecule has 1 atom stereocenters. The fraction of sp³-hybridized carbons (Fsp3) is 0.381. The Labute approximate surface area is 163 Å². The molecule has 2 aromatic rings. The molecule has 28 heavy (non-hydrogen) atoms. The van der Waals surface area contributed by atoms with E-state index in [1.165, 1.54) is 12.1 Å². The van der Waals surface area contributed by atoms with Crippen molar-refractivity contribution in [3.05, 3.63) is 59.7 Å². The van der Waals surface area contributed by atoms with Crippen molar-refractivity contribution in [2.45, 2.75) is 13.0 Å². The van der Waals surface area contributed by atoms with Gasteiger partial charge in [0, 0.05) is 37.8 Å². The van der Waals surface area contributed by atoms with Gasteiger partial charge in [-0.25, -0.2) is 8.78 Å². The van der Waals surface area contributed by atoms with Gasteiger partial charge in [0.05, 0.1) is 12.8 Å². The van der Waals surface area contributed by atoms with Crippen molar-refractivity contribution < 1.29 is 23.6 Å². The third-order valence-electron chi connectivity index (χ3n) is 5.16. The quantitative estimate of drug-likeness (QED) is 0.820. The van der Waals surface area contributed by atoms with Crippen LogP contribution in [0.4, 0.5) is 14.5 Å². The number of nitrogens with two attached hydrogens (primary N) is 1. The summed E-state index contributed by atoms with van der Waals surface area (Å²) >= 11 is 0. The lowest BCUT2D eigenvalue weighted by Crippen LogP contribution is -2.87. The number of quaternary nitrogens is 1. The van der Waals surface area contributed by atoms with Crippen molar-refractivity contribution >= 4 is 11.6 Å². The van der Waals surface area contributed by atoms with Gasteiger partial charge in [-0.05, 0) is 31.2 Å². The molecule has 1 aliphatic rings. The van der Waals surface area contributed by atoms with E-state index in [0.717, 1.165) is 30.6 Å². The van der Waals surface area contributed by atoms with Crippen LogP contribution in [0.25, 0.3) is 0 Å². The number of hydrogen-bond donors (Lipinski definition) is 1. The molecule has 2 N–H and O–H groups in total. The number of amides is 1. The van der Waals surface area contributed by atoms with Gasteiger partial charge >= 0.3 is 0 Å². The zero-order valence-electron chi connectivity index (χ0n) is 16.2. The first-order valence-corrected chi connectivity index (χ1v) is 9.43. The molecule has 0 bridgehead atoms. The summed E-state index contributed by atoms with van der Waals surface area (Å²) in [6, 6.07) is 11.1. The molecule has 0 aliphatic carbocycles. The second-order valence-electron chi connectivity index (χ2n) is 6.93. The van der Waals surface area contributed by atoms with E-state index in [1.54, 1.807) is 12.4 Å². The van der Waals surface area contributed by atoms with E-state index in [-0.39, 0.29) is 18.5 Å². The third kappa shape index (κ3) is 4.59. The van der Waals surface area contributed by atoms with Crippen molar-refractivity contribution in [3.8, 4) is 5.75 Å². The molecular weight excluding hydrogens is 364 g/mol. The zero-order valence-corrected chi connectivity index (χ0v) is 16.2. The normalized spacial score (nSPS) is 15.4. The second-order valence-corrected chi connectivity index (χ2v) is 6.93. The molecular formula is C21H26F2N3O2+. The summed E-state index contributed by atoms with van der Waals surface area (Å²) in [5, 5.41) is 1.78. The Kier molecular flexibility index (Phi) is 6.46. The largest absolute Gasteiger partial charge is 0.495 e. The molecule has 0 radical (unpaired) electrons. The number of piperazine rings is 1. The molecule has 1 amide bonds. The van der Waals surface area contributed by atoms with Gasteiger partial charge in [-0.15, -0.1) is 0 Å². The Hall–Kier alpha value is -2.67. The minimum atomic E-state index is -0.600.